The van der Waals surface area contributed by atoms with E-state index in [0.717, 1.165) is 0 Å². The highest BCUT2D eigenvalue weighted by Gasteiger charge is 2.21. The molecule has 0 aliphatic heterocycles. The number of hydrogen-bond acceptors (Lipinski definition) is 5. The number of aliphatic carboxylic acids is 1. The lowest BCUT2D eigenvalue weighted by Crippen LogP contribution is -2.19. The Balaban J connectivity index is 2.82. The zero-order valence-corrected chi connectivity index (χ0v) is 9.58. The Morgan fingerprint density at radius 2 is 2.25 bits per heavy atom. The summed E-state index contributed by atoms with van der Waals surface area (Å²) in [4.78, 5) is 10.7. The molecule has 7 heteroatoms. The van der Waals surface area contributed by atoms with Crippen molar-refractivity contribution in [3.63, 3.8) is 0 Å². The lowest BCUT2D eigenvalue weighted by Gasteiger charge is -2.13. The minimum Gasteiger partial charge on any atom is -0.480 e. The number of hydrogen-bond donors (Lipinski definition) is 4. The van der Waals surface area contributed by atoms with E-state index in [0.29, 0.717) is 5.56 Å². The van der Waals surface area contributed by atoms with Crippen LogP contribution in [-0.2, 0) is 4.79 Å². The van der Waals surface area contributed by atoms with E-state index in [1.54, 1.807) is 0 Å². The van der Waals surface area contributed by atoms with Gasteiger partial charge in [-0.3, -0.25) is 4.68 Å². The second-order valence-corrected chi connectivity index (χ2v) is 3.83. The summed E-state index contributed by atoms with van der Waals surface area (Å²) in [6, 6.07) is -0.811. The van der Waals surface area contributed by atoms with E-state index in [2.05, 4.69) is 17.7 Å². The molecule has 90 valence electrons. The minimum atomic E-state index is -1.10. The van der Waals surface area contributed by atoms with Gasteiger partial charge < -0.3 is 15.3 Å². The fraction of sp³-hybridized carbons (Fsp3) is 0.556. The van der Waals surface area contributed by atoms with Gasteiger partial charge in [-0.05, 0) is 6.92 Å². The van der Waals surface area contributed by atoms with E-state index in [-0.39, 0.29) is 5.75 Å². The van der Waals surface area contributed by atoms with Crippen molar-refractivity contribution in [2.75, 3.05) is 5.75 Å². The van der Waals surface area contributed by atoms with Crippen LogP contribution in [0.3, 0.4) is 0 Å². The molecule has 2 unspecified atom stereocenters. The molecule has 3 atom stereocenters. The van der Waals surface area contributed by atoms with Crippen LogP contribution in [0.2, 0.25) is 0 Å². The molecule has 0 fully saturated rings. The van der Waals surface area contributed by atoms with Gasteiger partial charge in [-0.2, -0.15) is 17.7 Å². The maximum atomic E-state index is 10.7. The van der Waals surface area contributed by atoms with E-state index >= 15 is 0 Å². The van der Waals surface area contributed by atoms with Gasteiger partial charge >= 0.3 is 5.97 Å². The zero-order valence-electron chi connectivity index (χ0n) is 8.69. The molecule has 0 spiro atoms. The van der Waals surface area contributed by atoms with Crippen LogP contribution in [-0.4, -0.2) is 42.9 Å². The van der Waals surface area contributed by atoms with E-state index in [1.807, 2.05) is 0 Å². The summed E-state index contributed by atoms with van der Waals surface area (Å²) in [5, 5.41) is 31.5. The molecule has 0 amide bonds. The van der Waals surface area contributed by atoms with Gasteiger partial charge in [0.15, 0.2) is 0 Å². The third-order valence-electron chi connectivity index (χ3n) is 2.27. The number of carboxylic acid groups (broad SMARTS) is 1. The highest BCUT2D eigenvalue weighted by atomic mass is 32.1. The second-order valence-electron chi connectivity index (χ2n) is 3.46. The predicted octanol–water partition coefficient (Wildman–Crippen LogP) is -0.147. The SMILES string of the molecule is C[C@@H](C(=O)O)n1cc(C(O)C(O)CS)cn1. The van der Waals surface area contributed by atoms with Gasteiger partial charge in [0.25, 0.3) is 0 Å². The number of rotatable bonds is 5. The molecule has 1 heterocycles. The first kappa shape index (κ1) is 13.0. The highest BCUT2D eigenvalue weighted by molar-refractivity contribution is 7.80. The van der Waals surface area contributed by atoms with Gasteiger partial charge in [0, 0.05) is 17.5 Å². The molecule has 1 aromatic heterocycles. The molecule has 0 aromatic carbocycles. The third-order valence-corrected chi connectivity index (χ3v) is 2.64. The molecule has 0 aliphatic carbocycles. The molecular weight excluding hydrogens is 232 g/mol. The molecule has 0 radical (unpaired) electrons. The Kier molecular flexibility index (Phi) is 4.34. The van der Waals surface area contributed by atoms with Crippen molar-refractivity contribution >= 4 is 18.6 Å². The molecule has 0 saturated heterocycles. The number of nitrogens with zero attached hydrogens (tertiary/aromatic N) is 2. The van der Waals surface area contributed by atoms with Crippen molar-refractivity contribution in [1.29, 1.82) is 0 Å². The summed E-state index contributed by atoms with van der Waals surface area (Å²) < 4.78 is 1.21. The van der Waals surface area contributed by atoms with Gasteiger partial charge in [0.05, 0.1) is 12.3 Å². The molecular formula is C9H14N2O4S. The summed E-state index contributed by atoms with van der Waals surface area (Å²) in [6.45, 7) is 1.47. The Labute approximate surface area is 97.9 Å². The van der Waals surface area contributed by atoms with E-state index in [9.17, 15) is 15.0 Å². The average Bonchev–Trinajstić information content (AvgIpc) is 2.74. The van der Waals surface area contributed by atoms with Crippen LogP contribution in [0.4, 0.5) is 0 Å². The quantitative estimate of drug-likeness (QED) is 0.542. The van der Waals surface area contributed by atoms with E-state index < -0.39 is 24.2 Å². The molecule has 3 N–H and O–H groups in total. The van der Waals surface area contributed by atoms with Crippen molar-refractivity contribution in [3.05, 3.63) is 18.0 Å². The fourth-order valence-corrected chi connectivity index (χ4v) is 1.35. The molecule has 0 saturated carbocycles. The summed E-state index contributed by atoms with van der Waals surface area (Å²) in [7, 11) is 0. The number of carboxylic acids is 1. The lowest BCUT2D eigenvalue weighted by molar-refractivity contribution is -0.140. The summed E-state index contributed by atoms with van der Waals surface area (Å²) in [6.07, 6.45) is 0.626. The maximum Gasteiger partial charge on any atom is 0.328 e. The molecule has 1 aromatic rings. The maximum absolute atomic E-state index is 10.7. The van der Waals surface area contributed by atoms with E-state index in [4.69, 9.17) is 5.11 Å². The Morgan fingerprint density at radius 1 is 1.62 bits per heavy atom. The smallest absolute Gasteiger partial charge is 0.328 e. The third kappa shape index (κ3) is 2.75. The first-order valence-corrected chi connectivity index (χ1v) is 5.34. The van der Waals surface area contributed by atoms with Crippen molar-refractivity contribution in [2.45, 2.75) is 25.2 Å². The van der Waals surface area contributed by atoms with Gasteiger partial charge in [-0.1, -0.05) is 0 Å². The van der Waals surface area contributed by atoms with Gasteiger partial charge in [0.2, 0.25) is 0 Å². The molecule has 1 rings (SSSR count). The zero-order chi connectivity index (χ0) is 12.3. The number of aliphatic hydroxyl groups is 2. The lowest BCUT2D eigenvalue weighted by atomic mass is 10.1. The largest absolute Gasteiger partial charge is 0.480 e. The molecule has 0 aliphatic rings. The van der Waals surface area contributed by atoms with Crippen LogP contribution in [0.15, 0.2) is 12.4 Å². The van der Waals surface area contributed by atoms with Gasteiger partial charge in [-0.15, -0.1) is 0 Å². The average molecular weight is 246 g/mol. The normalized spacial score (nSPS) is 16.8. The van der Waals surface area contributed by atoms with Crippen LogP contribution in [0.1, 0.15) is 24.6 Å². The highest BCUT2D eigenvalue weighted by Crippen LogP contribution is 2.18. The number of aromatic nitrogens is 2. The Hall–Kier alpha value is -1.05. The minimum absolute atomic E-state index is 0.112. The predicted molar refractivity (Wildman–Crippen MR) is 59.4 cm³/mol. The van der Waals surface area contributed by atoms with Crippen molar-refractivity contribution in [1.82, 2.24) is 9.78 Å². The van der Waals surface area contributed by atoms with Crippen molar-refractivity contribution in [3.8, 4) is 0 Å². The standard InChI is InChI=1S/C9H14N2O4S/c1-5(9(14)15)11-3-6(2-10-11)8(13)7(12)4-16/h2-3,5,7-8,12-13,16H,4H2,1H3,(H,14,15)/t5-,7?,8?/m0/s1. The fourth-order valence-electron chi connectivity index (χ4n) is 1.15. The van der Waals surface area contributed by atoms with Crippen LogP contribution >= 0.6 is 12.6 Å². The Bertz CT molecular complexity index is 368. The van der Waals surface area contributed by atoms with Crippen LogP contribution in [0, 0.1) is 0 Å². The van der Waals surface area contributed by atoms with Crippen molar-refractivity contribution in [2.24, 2.45) is 0 Å². The monoisotopic (exact) mass is 246 g/mol. The van der Waals surface area contributed by atoms with Crippen LogP contribution in [0.25, 0.3) is 0 Å². The summed E-state index contributed by atoms with van der Waals surface area (Å²) >= 11 is 3.85. The Morgan fingerprint density at radius 3 is 2.75 bits per heavy atom. The van der Waals surface area contributed by atoms with Gasteiger partial charge in [0.1, 0.15) is 12.1 Å². The second kappa shape index (κ2) is 5.33. The summed E-state index contributed by atoms with van der Waals surface area (Å²) in [5.74, 6) is -0.903. The molecule has 6 nitrogen and oxygen atoms in total. The number of thiol groups is 1. The van der Waals surface area contributed by atoms with Gasteiger partial charge in [-0.25, -0.2) is 4.79 Å². The number of aliphatic hydroxyl groups excluding tert-OH is 2. The van der Waals surface area contributed by atoms with Crippen molar-refractivity contribution < 1.29 is 20.1 Å². The van der Waals surface area contributed by atoms with Crippen LogP contribution < -0.4 is 0 Å². The molecule has 16 heavy (non-hydrogen) atoms. The first-order chi connectivity index (χ1) is 7.47. The summed E-state index contributed by atoms with van der Waals surface area (Å²) in [5.41, 5.74) is 0.370. The number of carbonyl (C=O) groups is 1. The topological polar surface area (TPSA) is 95.6 Å². The first-order valence-electron chi connectivity index (χ1n) is 4.71. The van der Waals surface area contributed by atoms with Crippen LogP contribution in [0.5, 0.6) is 0 Å². The van der Waals surface area contributed by atoms with E-state index in [1.165, 1.54) is 24.0 Å². The molecule has 0 bridgehead atoms.